The third-order valence-corrected chi connectivity index (χ3v) is 10.6. The molecule has 3 heterocycles. The van der Waals surface area contributed by atoms with E-state index in [-0.39, 0.29) is 0 Å². The lowest BCUT2D eigenvalue weighted by molar-refractivity contribution is 0.669. The maximum atomic E-state index is 6.57. The first-order valence-corrected chi connectivity index (χ1v) is 17.7. The van der Waals surface area contributed by atoms with Gasteiger partial charge in [-0.05, 0) is 65.2 Å². The standard InChI is InChI=1S/C49H30N2O/c1-3-13-32(14-4-1)46-47-37-18-7-10-20-41(37)50-49(40(47)30-45-48(46)38-19-9-12-22-44(38)52-45)33-25-23-31(24-26-33)34-27-28-43-39(29-34)36-17-8-11-21-42(36)51(43)35-15-5-2-6-16-35/h1-30H. The van der Waals surface area contributed by atoms with Gasteiger partial charge in [0.05, 0.1) is 22.2 Å². The molecule has 0 saturated carbocycles. The highest BCUT2D eigenvalue weighted by Gasteiger charge is 2.21. The van der Waals surface area contributed by atoms with Crippen LogP contribution in [0.2, 0.25) is 0 Å². The number of aromatic nitrogens is 2. The van der Waals surface area contributed by atoms with Crippen molar-refractivity contribution in [2.24, 2.45) is 0 Å². The summed E-state index contributed by atoms with van der Waals surface area (Å²) in [7, 11) is 0. The SMILES string of the molecule is c1ccc(-c2c3c(cc4c(-c5ccc(-c6ccc7c(c6)c6ccccc6n7-c6ccccc6)cc5)nc5ccccc5c24)oc2ccccc23)cc1. The molecule has 0 radical (unpaired) electrons. The fourth-order valence-corrected chi connectivity index (χ4v) is 8.26. The Morgan fingerprint density at radius 2 is 1.02 bits per heavy atom. The predicted molar refractivity (Wildman–Crippen MR) is 217 cm³/mol. The van der Waals surface area contributed by atoms with Crippen LogP contribution in [0.15, 0.2) is 186 Å². The van der Waals surface area contributed by atoms with Crippen LogP contribution in [0.1, 0.15) is 0 Å². The zero-order chi connectivity index (χ0) is 34.2. The number of rotatable bonds is 4. The lowest BCUT2D eigenvalue weighted by Crippen LogP contribution is -1.93. The number of pyridine rings is 1. The van der Waals surface area contributed by atoms with Crippen molar-refractivity contribution >= 4 is 65.4 Å². The average Bonchev–Trinajstić information content (AvgIpc) is 3.75. The molecule has 0 aliphatic carbocycles. The molecule has 3 aromatic heterocycles. The topological polar surface area (TPSA) is 31.0 Å². The molecule has 8 aromatic carbocycles. The van der Waals surface area contributed by atoms with Crippen LogP contribution in [0.25, 0.3) is 105 Å². The van der Waals surface area contributed by atoms with Crippen LogP contribution in [-0.2, 0) is 0 Å². The summed E-state index contributed by atoms with van der Waals surface area (Å²) in [4.78, 5) is 5.33. The van der Waals surface area contributed by atoms with Gasteiger partial charge in [0.25, 0.3) is 0 Å². The largest absolute Gasteiger partial charge is 0.456 e. The van der Waals surface area contributed by atoms with Gasteiger partial charge < -0.3 is 8.98 Å². The Bertz CT molecular complexity index is 3150. The number of benzene rings is 8. The van der Waals surface area contributed by atoms with Gasteiger partial charge >= 0.3 is 0 Å². The molecule has 52 heavy (non-hydrogen) atoms. The fraction of sp³-hybridized carbons (Fsp3) is 0. The summed E-state index contributed by atoms with van der Waals surface area (Å²) in [6, 6.07) is 64.8. The van der Waals surface area contributed by atoms with Crippen LogP contribution < -0.4 is 0 Å². The number of furan rings is 1. The maximum absolute atomic E-state index is 6.57. The molecule has 0 amide bonds. The minimum absolute atomic E-state index is 0.866. The van der Waals surface area contributed by atoms with Gasteiger partial charge in [0.1, 0.15) is 11.2 Å². The van der Waals surface area contributed by atoms with Gasteiger partial charge in [0.15, 0.2) is 0 Å². The highest BCUT2D eigenvalue weighted by molar-refractivity contribution is 6.27. The molecule has 242 valence electrons. The highest BCUT2D eigenvalue weighted by Crippen LogP contribution is 2.46. The van der Waals surface area contributed by atoms with Crippen molar-refractivity contribution in [1.29, 1.82) is 0 Å². The highest BCUT2D eigenvalue weighted by atomic mass is 16.3. The van der Waals surface area contributed by atoms with Gasteiger partial charge in [0.2, 0.25) is 0 Å². The quantitative estimate of drug-likeness (QED) is 0.176. The Balaban J connectivity index is 1.12. The van der Waals surface area contributed by atoms with Crippen LogP contribution >= 0.6 is 0 Å². The third kappa shape index (κ3) is 4.30. The second-order valence-electron chi connectivity index (χ2n) is 13.5. The molecule has 0 atom stereocenters. The van der Waals surface area contributed by atoms with E-state index in [0.717, 1.165) is 66.3 Å². The normalized spacial score (nSPS) is 11.8. The van der Waals surface area contributed by atoms with Gasteiger partial charge in [0, 0.05) is 54.5 Å². The van der Waals surface area contributed by atoms with E-state index in [0.29, 0.717) is 0 Å². The van der Waals surface area contributed by atoms with Crippen LogP contribution in [0.3, 0.4) is 0 Å². The molecule has 0 saturated heterocycles. The second kappa shape index (κ2) is 11.3. The Kier molecular flexibility index (Phi) is 6.25. The number of para-hydroxylation sites is 4. The molecule has 3 heteroatoms. The Morgan fingerprint density at radius 1 is 0.385 bits per heavy atom. The first kappa shape index (κ1) is 28.8. The molecule has 0 aliphatic rings. The third-order valence-electron chi connectivity index (χ3n) is 10.6. The smallest absolute Gasteiger partial charge is 0.136 e. The van der Waals surface area contributed by atoms with Crippen molar-refractivity contribution in [2.75, 3.05) is 0 Å². The maximum Gasteiger partial charge on any atom is 0.136 e. The summed E-state index contributed by atoms with van der Waals surface area (Å²) in [5.74, 6) is 0. The lowest BCUT2D eigenvalue weighted by Gasteiger charge is -2.16. The van der Waals surface area contributed by atoms with Gasteiger partial charge in [-0.25, -0.2) is 4.98 Å². The summed E-state index contributed by atoms with van der Waals surface area (Å²) in [5, 5.41) is 8.14. The monoisotopic (exact) mass is 662 g/mol. The average molecular weight is 663 g/mol. The molecule has 0 bridgehead atoms. The molecule has 0 N–H and O–H groups in total. The summed E-state index contributed by atoms with van der Waals surface area (Å²) in [5.41, 5.74) is 13.0. The molecular weight excluding hydrogens is 633 g/mol. The Labute approximate surface area is 299 Å². The summed E-state index contributed by atoms with van der Waals surface area (Å²) < 4.78 is 8.93. The molecule has 11 rings (SSSR count). The van der Waals surface area contributed by atoms with Crippen molar-refractivity contribution in [1.82, 2.24) is 9.55 Å². The minimum atomic E-state index is 0.866. The molecule has 3 nitrogen and oxygen atoms in total. The fourth-order valence-electron chi connectivity index (χ4n) is 8.26. The van der Waals surface area contributed by atoms with E-state index in [2.05, 4.69) is 180 Å². The van der Waals surface area contributed by atoms with E-state index in [1.54, 1.807) is 0 Å². The Morgan fingerprint density at radius 3 is 1.85 bits per heavy atom. The second-order valence-corrected chi connectivity index (χ2v) is 13.5. The van der Waals surface area contributed by atoms with Gasteiger partial charge in [-0.15, -0.1) is 0 Å². The molecule has 0 unspecified atom stereocenters. The molecule has 0 fully saturated rings. The summed E-state index contributed by atoms with van der Waals surface area (Å²) in [6.07, 6.45) is 0. The molecule has 0 aliphatic heterocycles. The predicted octanol–water partition coefficient (Wildman–Crippen LogP) is 13.4. The minimum Gasteiger partial charge on any atom is -0.456 e. The summed E-state index contributed by atoms with van der Waals surface area (Å²) in [6.45, 7) is 0. The Hall–Kier alpha value is -6.97. The van der Waals surface area contributed by atoms with Crippen LogP contribution in [-0.4, -0.2) is 9.55 Å². The number of hydrogen-bond acceptors (Lipinski definition) is 2. The van der Waals surface area contributed by atoms with Crippen molar-refractivity contribution < 1.29 is 4.42 Å². The number of fused-ring (bicyclic) bond motifs is 9. The first-order valence-electron chi connectivity index (χ1n) is 17.7. The van der Waals surface area contributed by atoms with Crippen molar-refractivity contribution in [3.05, 3.63) is 182 Å². The lowest BCUT2D eigenvalue weighted by atomic mass is 9.89. The summed E-state index contributed by atoms with van der Waals surface area (Å²) >= 11 is 0. The number of nitrogens with zero attached hydrogens (tertiary/aromatic N) is 2. The van der Waals surface area contributed by atoms with Gasteiger partial charge in [-0.3, -0.25) is 0 Å². The van der Waals surface area contributed by atoms with Crippen LogP contribution in [0.4, 0.5) is 0 Å². The van der Waals surface area contributed by atoms with E-state index in [1.807, 2.05) is 6.07 Å². The first-order chi connectivity index (χ1) is 25.8. The van der Waals surface area contributed by atoms with Crippen molar-refractivity contribution in [3.63, 3.8) is 0 Å². The molecular formula is C49H30N2O. The van der Waals surface area contributed by atoms with Crippen LogP contribution in [0.5, 0.6) is 0 Å². The van der Waals surface area contributed by atoms with E-state index in [9.17, 15) is 0 Å². The van der Waals surface area contributed by atoms with Crippen molar-refractivity contribution in [2.45, 2.75) is 0 Å². The molecule has 11 aromatic rings. The zero-order valence-electron chi connectivity index (χ0n) is 28.1. The van der Waals surface area contributed by atoms with Gasteiger partial charge in [-0.2, -0.15) is 0 Å². The van der Waals surface area contributed by atoms with Crippen molar-refractivity contribution in [3.8, 4) is 39.2 Å². The van der Waals surface area contributed by atoms with E-state index >= 15 is 0 Å². The zero-order valence-corrected chi connectivity index (χ0v) is 28.1. The molecule has 0 spiro atoms. The van der Waals surface area contributed by atoms with Crippen LogP contribution in [0, 0.1) is 0 Å². The van der Waals surface area contributed by atoms with E-state index in [4.69, 9.17) is 9.40 Å². The van der Waals surface area contributed by atoms with Gasteiger partial charge in [-0.1, -0.05) is 133 Å². The van der Waals surface area contributed by atoms with E-state index in [1.165, 1.54) is 38.3 Å². The van der Waals surface area contributed by atoms with E-state index < -0.39 is 0 Å². The number of hydrogen-bond donors (Lipinski definition) is 0.